The number of sulfone groups is 1. The second-order valence-corrected chi connectivity index (χ2v) is 12.2. The van der Waals surface area contributed by atoms with Crippen molar-refractivity contribution in [3.8, 4) is 0 Å². The summed E-state index contributed by atoms with van der Waals surface area (Å²) in [6, 6.07) is 6.04. The molecule has 0 unspecified atom stereocenters. The molecule has 27 heavy (non-hydrogen) atoms. The molecular formula is C19H26FNO3S3. The van der Waals surface area contributed by atoms with Gasteiger partial charge in [0.2, 0.25) is 5.91 Å². The van der Waals surface area contributed by atoms with Crippen molar-refractivity contribution in [2.75, 3.05) is 24.6 Å². The van der Waals surface area contributed by atoms with Crippen LogP contribution in [0.3, 0.4) is 0 Å². The molecule has 2 aliphatic heterocycles. The lowest BCUT2D eigenvalue weighted by molar-refractivity contribution is -0.131. The second-order valence-electron chi connectivity index (χ2n) is 7.12. The summed E-state index contributed by atoms with van der Waals surface area (Å²) in [6.07, 6.45) is 5.01. The van der Waals surface area contributed by atoms with Gasteiger partial charge in [-0.2, -0.15) is 0 Å². The molecule has 150 valence electrons. The molecule has 0 aliphatic carbocycles. The first-order valence-corrected chi connectivity index (χ1v) is 13.6. The SMILES string of the molecule is O=C(CCCC[C@@H]1CCSS1)N1CC[C@H](c2ccccc2F)S(=O)(=O)CC1. The fourth-order valence-corrected chi connectivity index (χ4v) is 8.48. The minimum absolute atomic E-state index is 0.0211. The van der Waals surface area contributed by atoms with Crippen LogP contribution in [0, 0.1) is 5.82 Å². The molecule has 0 radical (unpaired) electrons. The van der Waals surface area contributed by atoms with E-state index in [0.717, 1.165) is 24.5 Å². The van der Waals surface area contributed by atoms with Crippen LogP contribution in [-0.4, -0.2) is 49.1 Å². The summed E-state index contributed by atoms with van der Waals surface area (Å²) in [4.78, 5) is 14.2. The maximum Gasteiger partial charge on any atom is 0.222 e. The monoisotopic (exact) mass is 431 g/mol. The Balaban J connectivity index is 1.53. The molecule has 8 heteroatoms. The summed E-state index contributed by atoms with van der Waals surface area (Å²) in [7, 11) is 0.406. The van der Waals surface area contributed by atoms with E-state index in [4.69, 9.17) is 0 Å². The van der Waals surface area contributed by atoms with Crippen molar-refractivity contribution in [2.45, 2.75) is 49.0 Å². The second kappa shape index (κ2) is 9.65. The third-order valence-corrected chi connectivity index (χ3v) is 10.4. The smallest absolute Gasteiger partial charge is 0.222 e. The lowest BCUT2D eigenvalue weighted by atomic mass is 10.1. The van der Waals surface area contributed by atoms with Crippen molar-refractivity contribution >= 4 is 37.3 Å². The van der Waals surface area contributed by atoms with Crippen LogP contribution in [0.25, 0.3) is 0 Å². The van der Waals surface area contributed by atoms with Gasteiger partial charge in [-0.05, 0) is 31.7 Å². The molecule has 0 N–H and O–H groups in total. The van der Waals surface area contributed by atoms with E-state index in [2.05, 4.69) is 0 Å². The Morgan fingerprint density at radius 3 is 2.74 bits per heavy atom. The fraction of sp³-hybridized carbons (Fsp3) is 0.632. The van der Waals surface area contributed by atoms with E-state index < -0.39 is 20.9 Å². The Hall–Kier alpha value is -0.730. The van der Waals surface area contributed by atoms with E-state index in [1.807, 2.05) is 21.6 Å². The van der Waals surface area contributed by atoms with Gasteiger partial charge in [0.25, 0.3) is 0 Å². The molecule has 3 rings (SSSR count). The number of rotatable bonds is 6. The van der Waals surface area contributed by atoms with Crippen LogP contribution in [0.15, 0.2) is 24.3 Å². The summed E-state index contributed by atoms with van der Waals surface area (Å²) in [6.45, 7) is 0.577. The summed E-state index contributed by atoms with van der Waals surface area (Å²) < 4.78 is 39.3. The highest BCUT2D eigenvalue weighted by Gasteiger charge is 2.33. The summed E-state index contributed by atoms with van der Waals surface area (Å²) >= 11 is 0. The van der Waals surface area contributed by atoms with Crippen molar-refractivity contribution in [1.29, 1.82) is 0 Å². The number of halogens is 1. The predicted octanol–water partition coefficient (Wildman–Crippen LogP) is 4.23. The first-order valence-electron chi connectivity index (χ1n) is 9.49. The number of hydrogen-bond donors (Lipinski definition) is 0. The number of amides is 1. The lowest BCUT2D eigenvalue weighted by Crippen LogP contribution is -2.33. The van der Waals surface area contributed by atoms with Crippen LogP contribution >= 0.6 is 21.6 Å². The molecule has 1 aromatic rings. The Kier molecular flexibility index (Phi) is 7.50. The quantitative estimate of drug-likeness (QED) is 0.498. The van der Waals surface area contributed by atoms with Gasteiger partial charge in [0.05, 0.1) is 11.0 Å². The fourth-order valence-electron chi connectivity index (χ4n) is 3.65. The third kappa shape index (κ3) is 5.64. The number of benzene rings is 1. The van der Waals surface area contributed by atoms with E-state index in [-0.39, 0.29) is 30.2 Å². The molecule has 0 aromatic heterocycles. The Labute approximate surface area is 169 Å². The molecule has 4 nitrogen and oxygen atoms in total. The van der Waals surface area contributed by atoms with Crippen LogP contribution in [0.5, 0.6) is 0 Å². The average Bonchev–Trinajstić information content (AvgIpc) is 3.10. The van der Waals surface area contributed by atoms with Crippen molar-refractivity contribution < 1.29 is 17.6 Å². The number of carbonyl (C=O) groups excluding carboxylic acids is 1. The molecule has 0 spiro atoms. The number of hydrogen-bond acceptors (Lipinski definition) is 5. The highest BCUT2D eigenvalue weighted by molar-refractivity contribution is 8.77. The molecule has 2 fully saturated rings. The Morgan fingerprint density at radius 2 is 2.00 bits per heavy atom. The zero-order chi connectivity index (χ0) is 19.3. The highest BCUT2D eigenvalue weighted by Crippen LogP contribution is 2.40. The van der Waals surface area contributed by atoms with Crippen LogP contribution in [0.4, 0.5) is 4.39 Å². The van der Waals surface area contributed by atoms with Gasteiger partial charge < -0.3 is 4.90 Å². The third-order valence-electron chi connectivity index (χ3n) is 5.24. The predicted molar refractivity (Wildman–Crippen MR) is 111 cm³/mol. The van der Waals surface area contributed by atoms with E-state index in [9.17, 15) is 17.6 Å². The summed E-state index contributed by atoms with van der Waals surface area (Å²) in [5, 5.41) is -0.150. The van der Waals surface area contributed by atoms with Gasteiger partial charge in [-0.25, -0.2) is 12.8 Å². The number of unbranched alkanes of at least 4 members (excludes halogenated alkanes) is 1. The van der Waals surface area contributed by atoms with Gasteiger partial charge in [-0.3, -0.25) is 4.79 Å². The minimum atomic E-state index is -3.48. The standard InChI is InChI=1S/C19H26FNO3S3/c20-17-7-3-2-6-16(17)18-9-11-21(12-14-27(18,23)24)19(22)8-4-1-5-15-10-13-25-26-15/h2-3,6-7,15,18H,1,4-5,8-14H2/t15-,18-/m1/s1. The van der Waals surface area contributed by atoms with Gasteiger partial charge in [0.15, 0.2) is 9.84 Å². The van der Waals surface area contributed by atoms with Crippen LogP contribution < -0.4 is 0 Å². The maximum atomic E-state index is 14.1. The van der Waals surface area contributed by atoms with Gasteiger partial charge in [0.1, 0.15) is 5.82 Å². The van der Waals surface area contributed by atoms with E-state index in [1.165, 1.54) is 24.3 Å². The van der Waals surface area contributed by atoms with E-state index in [0.29, 0.717) is 13.0 Å². The Bertz CT molecular complexity index is 750. The zero-order valence-electron chi connectivity index (χ0n) is 15.3. The van der Waals surface area contributed by atoms with Crippen molar-refractivity contribution in [1.82, 2.24) is 4.90 Å². The number of nitrogens with zero attached hydrogens (tertiary/aromatic N) is 1. The zero-order valence-corrected chi connectivity index (χ0v) is 17.8. The van der Waals surface area contributed by atoms with Gasteiger partial charge in [-0.1, -0.05) is 46.2 Å². The maximum absolute atomic E-state index is 14.1. The Morgan fingerprint density at radius 1 is 1.19 bits per heavy atom. The van der Waals surface area contributed by atoms with Crippen molar-refractivity contribution in [3.63, 3.8) is 0 Å². The summed E-state index contributed by atoms with van der Waals surface area (Å²) in [5.41, 5.74) is 0.221. The molecule has 2 aliphatic rings. The minimum Gasteiger partial charge on any atom is -0.342 e. The van der Waals surface area contributed by atoms with Gasteiger partial charge in [0, 0.05) is 36.1 Å². The molecule has 1 aromatic carbocycles. The first kappa shape index (κ1) is 21.0. The van der Waals surface area contributed by atoms with Crippen LogP contribution in [0.2, 0.25) is 0 Å². The highest BCUT2D eigenvalue weighted by atomic mass is 33.1. The molecular weight excluding hydrogens is 405 g/mol. The average molecular weight is 432 g/mol. The van der Waals surface area contributed by atoms with Gasteiger partial charge >= 0.3 is 0 Å². The van der Waals surface area contributed by atoms with E-state index >= 15 is 0 Å². The number of carbonyl (C=O) groups is 1. The van der Waals surface area contributed by atoms with Crippen molar-refractivity contribution in [3.05, 3.63) is 35.6 Å². The van der Waals surface area contributed by atoms with Crippen LogP contribution in [0.1, 0.15) is 49.3 Å². The molecule has 1 amide bonds. The molecule has 0 bridgehead atoms. The summed E-state index contributed by atoms with van der Waals surface area (Å²) in [5.74, 6) is 0.648. The normalized spacial score (nSPS) is 25.3. The molecule has 2 atom stereocenters. The lowest BCUT2D eigenvalue weighted by Gasteiger charge is -2.20. The van der Waals surface area contributed by atoms with Gasteiger partial charge in [-0.15, -0.1) is 0 Å². The van der Waals surface area contributed by atoms with E-state index in [1.54, 1.807) is 17.0 Å². The largest absolute Gasteiger partial charge is 0.342 e. The molecule has 2 saturated heterocycles. The van der Waals surface area contributed by atoms with Crippen LogP contribution in [-0.2, 0) is 14.6 Å². The molecule has 0 saturated carbocycles. The van der Waals surface area contributed by atoms with Crippen molar-refractivity contribution in [2.24, 2.45) is 0 Å². The molecule has 2 heterocycles. The first-order chi connectivity index (χ1) is 13.0. The topological polar surface area (TPSA) is 54.5 Å².